The summed E-state index contributed by atoms with van der Waals surface area (Å²) in [6.45, 7) is 2.52. The summed E-state index contributed by atoms with van der Waals surface area (Å²) in [6.07, 6.45) is -5.26. The molecule has 0 aromatic carbocycles. The van der Waals surface area contributed by atoms with Crippen LogP contribution in [-0.4, -0.2) is 58.6 Å². The molecule has 168 valence electrons. The van der Waals surface area contributed by atoms with Crippen LogP contribution in [0.15, 0.2) is 28.6 Å². The van der Waals surface area contributed by atoms with Gasteiger partial charge in [0.2, 0.25) is 0 Å². The van der Waals surface area contributed by atoms with Gasteiger partial charge in [-0.05, 0) is 49.9 Å². The summed E-state index contributed by atoms with van der Waals surface area (Å²) in [5, 5.41) is 14.1. The summed E-state index contributed by atoms with van der Waals surface area (Å²) in [5.74, 6) is -2.72. The van der Waals surface area contributed by atoms with E-state index in [1.165, 1.54) is 0 Å². The van der Waals surface area contributed by atoms with Crippen molar-refractivity contribution < 1.29 is 36.2 Å². The second-order valence-electron chi connectivity index (χ2n) is 7.05. The Morgan fingerprint density at radius 2 is 1.73 bits per heavy atom. The average molecular weight is 461 g/mol. The van der Waals surface area contributed by atoms with Gasteiger partial charge >= 0.3 is 18.3 Å². The first-order valence-corrected chi connectivity index (χ1v) is 9.34. The monoisotopic (exact) mass is 460 g/mol. The number of rotatable bonds is 5. The smallest absolute Gasteiger partial charge is 0.475 e. The SMILES string of the molecule is FC(F)(F)C1(CC2CCN(CCc3ccc(Cl)nc3)CC2)N=N1.O=C(O)C(F)(F)F. The standard InChI is InChI=1S/C15H18ClF3N4.C2HF3O2/c16-13-2-1-12(10-20-13)5-8-23-6-3-11(4-7-23)9-14(21-22-14)15(17,18)19;3-2(4,5)1(6)7/h1-2,10-11H,3-9H2;(H,6,7). The number of alkyl halides is 6. The topological polar surface area (TPSA) is 78.2 Å². The van der Waals surface area contributed by atoms with Crippen molar-refractivity contribution >= 4 is 17.6 Å². The zero-order valence-electron chi connectivity index (χ0n) is 15.5. The van der Waals surface area contributed by atoms with Crippen LogP contribution in [0, 0.1) is 5.92 Å². The lowest BCUT2D eigenvalue weighted by molar-refractivity contribution is -0.192. The molecular weight excluding hydrogens is 442 g/mol. The zero-order chi connectivity index (χ0) is 22.6. The van der Waals surface area contributed by atoms with Gasteiger partial charge in [0.15, 0.2) is 0 Å². The van der Waals surface area contributed by atoms with E-state index in [9.17, 15) is 26.3 Å². The van der Waals surface area contributed by atoms with Crippen molar-refractivity contribution in [3.05, 3.63) is 29.0 Å². The van der Waals surface area contributed by atoms with Crippen LogP contribution in [0.4, 0.5) is 26.3 Å². The molecule has 1 saturated heterocycles. The average Bonchev–Trinajstić information content (AvgIpc) is 3.43. The van der Waals surface area contributed by atoms with Crippen LogP contribution in [0.5, 0.6) is 0 Å². The molecule has 2 aliphatic rings. The molecule has 0 saturated carbocycles. The third kappa shape index (κ3) is 7.08. The summed E-state index contributed by atoms with van der Waals surface area (Å²) in [5.41, 5.74) is -0.974. The minimum atomic E-state index is -5.08. The molecule has 1 N–H and O–H groups in total. The second kappa shape index (κ2) is 9.46. The highest BCUT2D eigenvalue weighted by Gasteiger charge is 2.64. The maximum absolute atomic E-state index is 12.9. The quantitative estimate of drug-likeness (QED) is 0.508. The number of nitrogens with zero attached hydrogens (tertiary/aromatic N) is 4. The van der Waals surface area contributed by atoms with Crippen molar-refractivity contribution in [3.8, 4) is 0 Å². The van der Waals surface area contributed by atoms with Gasteiger partial charge in [-0.25, -0.2) is 9.78 Å². The van der Waals surface area contributed by atoms with E-state index in [0.29, 0.717) is 5.15 Å². The number of piperidine rings is 1. The Morgan fingerprint density at radius 3 is 2.13 bits per heavy atom. The number of halogens is 7. The number of aromatic nitrogens is 1. The summed E-state index contributed by atoms with van der Waals surface area (Å²) >= 11 is 5.75. The molecule has 6 nitrogen and oxygen atoms in total. The van der Waals surface area contributed by atoms with Crippen LogP contribution in [0.25, 0.3) is 0 Å². The molecule has 1 fully saturated rings. The van der Waals surface area contributed by atoms with Crippen molar-refractivity contribution in [2.24, 2.45) is 16.1 Å². The normalized spacial score (nSPS) is 19.2. The first kappa shape index (κ1) is 24.3. The molecule has 1 aromatic rings. The van der Waals surface area contributed by atoms with E-state index in [2.05, 4.69) is 20.1 Å². The van der Waals surface area contributed by atoms with Crippen LogP contribution in [0.3, 0.4) is 0 Å². The minimum Gasteiger partial charge on any atom is -0.475 e. The lowest BCUT2D eigenvalue weighted by Gasteiger charge is -2.33. The molecule has 1 aromatic heterocycles. The van der Waals surface area contributed by atoms with Gasteiger partial charge in [0, 0.05) is 19.2 Å². The number of hydrogen-bond acceptors (Lipinski definition) is 5. The van der Waals surface area contributed by atoms with Crippen molar-refractivity contribution in [2.45, 2.75) is 43.7 Å². The lowest BCUT2D eigenvalue weighted by atomic mass is 9.88. The van der Waals surface area contributed by atoms with E-state index in [1.807, 2.05) is 6.07 Å². The Kier molecular flexibility index (Phi) is 7.67. The van der Waals surface area contributed by atoms with Crippen LogP contribution in [0.1, 0.15) is 24.8 Å². The third-order valence-corrected chi connectivity index (χ3v) is 5.05. The first-order valence-electron chi connectivity index (χ1n) is 8.96. The molecule has 0 amide bonds. The van der Waals surface area contributed by atoms with Crippen molar-refractivity contribution in [1.29, 1.82) is 0 Å². The highest BCUT2D eigenvalue weighted by atomic mass is 35.5. The molecule has 2 aliphatic heterocycles. The van der Waals surface area contributed by atoms with Gasteiger partial charge in [0.05, 0.1) is 0 Å². The highest BCUT2D eigenvalue weighted by molar-refractivity contribution is 6.29. The van der Waals surface area contributed by atoms with Gasteiger partial charge < -0.3 is 10.0 Å². The molecule has 30 heavy (non-hydrogen) atoms. The zero-order valence-corrected chi connectivity index (χ0v) is 16.3. The predicted molar refractivity (Wildman–Crippen MR) is 94.1 cm³/mol. The van der Waals surface area contributed by atoms with Crippen LogP contribution in [-0.2, 0) is 11.2 Å². The Bertz CT molecular complexity index is 740. The number of hydrogen-bond donors (Lipinski definition) is 1. The molecule has 0 bridgehead atoms. The molecule has 0 aliphatic carbocycles. The number of aliphatic carboxylic acids is 1. The van der Waals surface area contributed by atoms with E-state index < -0.39 is 24.0 Å². The van der Waals surface area contributed by atoms with Gasteiger partial charge in [-0.15, -0.1) is 10.2 Å². The Labute approximate surface area is 172 Å². The van der Waals surface area contributed by atoms with Gasteiger partial charge in [-0.2, -0.15) is 26.3 Å². The van der Waals surface area contributed by atoms with Crippen molar-refractivity contribution in [1.82, 2.24) is 9.88 Å². The molecule has 13 heteroatoms. The van der Waals surface area contributed by atoms with Crippen LogP contribution >= 0.6 is 11.6 Å². The molecule has 0 unspecified atom stereocenters. The number of carboxylic acid groups (broad SMARTS) is 1. The second-order valence-corrected chi connectivity index (χ2v) is 7.43. The number of pyridine rings is 1. The molecule has 3 rings (SSSR count). The third-order valence-electron chi connectivity index (χ3n) is 4.82. The minimum absolute atomic E-state index is 0.00540. The van der Waals surface area contributed by atoms with E-state index in [0.717, 1.165) is 44.5 Å². The fraction of sp³-hybridized carbons (Fsp3) is 0.647. The van der Waals surface area contributed by atoms with Crippen molar-refractivity contribution in [2.75, 3.05) is 19.6 Å². The number of carboxylic acids is 1. The molecular formula is C17H19ClF6N4O2. The van der Waals surface area contributed by atoms with Crippen LogP contribution in [0.2, 0.25) is 5.15 Å². The summed E-state index contributed by atoms with van der Waals surface area (Å²) in [7, 11) is 0. The first-order chi connectivity index (χ1) is 13.8. The Morgan fingerprint density at radius 1 is 1.17 bits per heavy atom. The van der Waals surface area contributed by atoms with E-state index in [1.54, 1.807) is 12.3 Å². The molecule has 0 atom stereocenters. The predicted octanol–water partition coefficient (Wildman–Crippen LogP) is 4.74. The van der Waals surface area contributed by atoms with E-state index in [4.69, 9.17) is 21.5 Å². The lowest BCUT2D eigenvalue weighted by Crippen LogP contribution is -2.40. The van der Waals surface area contributed by atoms with E-state index in [-0.39, 0.29) is 12.3 Å². The van der Waals surface area contributed by atoms with Gasteiger partial charge in [0.25, 0.3) is 5.66 Å². The Hall–Kier alpha value is -1.95. The van der Waals surface area contributed by atoms with Gasteiger partial charge in [0.1, 0.15) is 5.15 Å². The largest absolute Gasteiger partial charge is 0.490 e. The summed E-state index contributed by atoms with van der Waals surface area (Å²) in [6, 6.07) is 3.72. The number of carbonyl (C=O) groups is 1. The number of likely N-dealkylation sites (tertiary alicyclic amines) is 1. The molecule has 3 heterocycles. The summed E-state index contributed by atoms with van der Waals surface area (Å²) in [4.78, 5) is 15.2. The highest BCUT2D eigenvalue weighted by Crippen LogP contribution is 2.49. The fourth-order valence-corrected chi connectivity index (χ4v) is 3.14. The maximum atomic E-state index is 12.9. The van der Waals surface area contributed by atoms with Crippen LogP contribution < -0.4 is 0 Å². The Balaban J connectivity index is 0.000000396. The summed E-state index contributed by atoms with van der Waals surface area (Å²) < 4.78 is 70.3. The van der Waals surface area contributed by atoms with Gasteiger partial charge in [-0.3, -0.25) is 0 Å². The van der Waals surface area contributed by atoms with E-state index >= 15 is 0 Å². The van der Waals surface area contributed by atoms with Gasteiger partial charge in [-0.1, -0.05) is 17.7 Å². The molecule has 0 spiro atoms. The fourth-order valence-electron chi connectivity index (χ4n) is 3.03. The molecule has 0 radical (unpaired) electrons. The maximum Gasteiger partial charge on any atom is 0.490 e. The van der Waals surface area contributed by atoms with Crippen molar-refractivity contribution in [3.63, 3.8) is 0 Å².